The lowest BCUT2D eigenvalue weighted by Crippen LogP contribution is -2.08. The van der Waals surface area contributed by atoms with Gasteiger partial charge in [0.05, 0.1) is 0 Å². The minimum atomic E-state index is 0.918. The number of hydrogen-bond acceptors (Lipinski definition) is 2. The summed E-state index contributed by atoms with van der Waals surface area (Å²) in [5.74, 6) is 0. The highest BCUT2D eigenvalue weighted by molar-refractivity contribution is 5.57. The van der Waals surface area contributed by atoms with Gasteiger partial charge in [0.25, 0.3) is 0 Å². The monoisotopic (exact) mass is 140 g/mol. The molecule has 2 heteroatoms. The molecule has 0 aromatic rings. The van der Waals surface area contributed by atoms with E-state index in [1.54, 1.807) is 0 Å². The van der Waals surface area contributed by atoms with Crippen molar-refractivity contribution < 1.29 is 0 Å². The van der Waals surface area contributed by atoms with Crippen molar-refractivity contribution in [1.29, 1.82) is 0 Å². The van der Waals surface area contributed by atoms with E-state index in [1.807, 2.05) is 19.5 Å². The molecule has 58 valence electrons. The van der Waals surface area contributed by atoms with Gasteiger partial charge in [-0.15, -0.1) is 0 Å². The SMILES string of the molecule is CC/C=N\C=C(/C)CNC. The van der Waals surface area contributed by atoms with E-state index in [4.69, 9.17) is 0 Å². The van der Waals surface area contributed by atoms with Crippen LogP contribution in [0, 0.1) is 0 Å². The number of nitrogens with one attached hydrogen (secondary N) is 1. The minimum absolute atomic E-state index is 0.918. The van der Waals surface area contributed by atoms with Crippen LogP contribution in [0.25, 0.3) is 0 Å². The fraction of sp³-hybridized carbons (Fsp3) is 0.625. The second kappa shape index (κ2) is 6.49. The van der Waals surface area contributed by atoms with Crippen LogP contribution in [-0.4, -0.2) is 19.8 Å². The Hall–Kier alpha value is -0.630. The molecule has 0 saturated heterocycles. The topological polar surface area (TPSA) is 24.4 Å². The van der Waals surface area contributed by atoms with Crippen LogP contribution in [0.2, 0.25) is 0 Å². The third kappa shape index (κ3) is 5.51. The van der Waals surface area contributed by atoms with Gasteiger partial charge in [-0.2, -0.15) is 0 Å². The summed E-state index contributed by atoms with van der Waals surface area (Å²) in [6.45, 7) is 5.05. The van der Waals surface area contributed by atoms with Crippen molar-refractivity contribution in [2.24, 2.45) is 4.99 Å². The van der Waals surface area contributed by atoms with Crippen LogP contribution in [0.4, 0.5) is 0 Å². The molecule has 0 radical (unpaired) electrons. The second-order valence-corrected chi connectivity index (χ2v) is 2.25. The Bertz CT molecular complexity index is 125. The largest absolute Gasteiger partial charge is 0.316 e. The summed E-state index contributed by atoms with van der Waals surface area (Å²) in [5, 5.41) is 3.05. The van der Waals surface area contributed by atoms with Gasteiger partial charge in [0, 0.05) is 19.0 Å². The van der Waals surface area contributed by atoms with Crippen LogP contribution in [0.1, 0.15) is 20.3 Å². The van der Waals surface area contributed by atoms with Gasteiger partial charge >= 0.3 is 0 Å². The molecule has 0 aliphatic heterocycles. The van der Waals surface area contributed by atoms with Gasteiger partial charge in [-0.3, -0.25) is 4.99 Å². The van der Waals surface area contributed by atoms with E-state index in [1.165, 1.54) is 5.57 Å². The number of likely N-dealkylation sites (N-methyl/N-ethyl adjacent to an activating group) is 1. The molecule has 0 rings (SSSR count). The van der Waals surface area contributed by atoms with E-state index < -0.39 is 0 Å². The normalized spacial score (nSPS) is 12.9. The second-order valence-electron chi connectivity index (χ2n) is 2.25. The molecule has 1 N–H and O–H groups in total. The first-order chi connectivity index (χ1) is 4.81. The minimum Gasteiger partial charge on any atom is -0.316 e. The van der Waals surface area contributed by atoms with Crippen molar-refractivity contribution in [1.82, 2.24) is 5.32 Å². The third-order valence-electron chi connectivity index (χ3n) is 1.04. The molecule has 0 spiro atoms. The number of aliphatic imine (C=N–C) groups is 1. The van der Waals surface area contributed by atoms with E-state index in [0.29, 0.717) is 0 Å². The van der Waals surface area contributed by atoms with Gasteiger partial charge in [0.2, 0.25) is 0 Å². The predicted octanol–water partition coefficient (Wildman–Crippen LogP) is 1.59. The molecule has 0 heterocycles. The molecule has 0 atom stereocenters. The Morgan fingerprint density at radius 2 is 2.30 bits per heavy atom. The Morgan fingerprint density at radius 3 is 2.80 bits per heavy atom. The summed E-state index contributed by atoms with van der Waals surface area (Å²) >= 11 is 0. The zero-order valence-corrected chi connectivity index (χ0v) is 7.02. The fourth-order valence-electron chi connectivity index (χ4n) is 0.610. The summed E-state index contributed by atoms with van der Waals surface area (Å²) in [6, 6.07) is 0. The highest BCUT2D eigenvalue weighted by Gasteiger charge is 1.81. The average Bonchev–Trinajstić information content (AvgIpc) is 1.89. The van der Waals surface area contributed by atoms with Gasteiger partial charge in [-0.1, -0.05) is 6.92 Å². The van der Waals surface area contributed by atoms with Crippen molar-refractivity contribution in [2.75, 3.05) is 13.6 Å². The van der Waals surface area contributed by atoms with Crippen LogP contribution in [0.15, 0.2) is 16.8 Å². The van der Waals surface area contributed by atoms with E-state index in [0.717, 1.165) is 13.0 Å². The molecule has 0 aromatic carbocycles. The van der Waals surface area contributed by atoms with Crippen LogP contribution < -0.4 is 5.32 Å². The molecule has 0 bridgehead atoms. The first kappa shape index (κ1) is 9.37. The van der Waals surface area contributed by atoms with Gasteiger partial charge in [-0.25, -0.2) is 0 Å². The predicted molar refractivity (Wildman–Crippen MR) is 46.5 cm³/mol. The summed E-state index contributed by atoms with van der Waals surface area (Å²) in [7, 11) is 1.93. The smallest absolute Gasteiger partial charge is 0.0265 e. The Balaban J connectivity index is 3.56. The van der Waals surface area contributed by atoms with Gasteiger partial charge < -0.3 is 5.32 Å². The molecule has 0 fully saturated rings. The lowest BCUT2D eigenvalue weighted by atomic mass is 10.3. The van der Waals surface area contributed by atoms with Gasteiger partial charge in [0.1, 0.15) is 0 Å². The molecule has 0 aromatic heterocycles. The molecule has 0 aliphatic carbocycles. The van der Waals surface area contributed by atoms with Crippen molar-refractivity contribution in [3.8, 4) is 0 Å². The summed E-state index contributed by atoms with van der Waals surface area (Å²) in [6.07, 6.45) is 4.79. The highest BCUT2D eigenvalue weighted by Crippen LogP contribution is 1.88. The van der Waals surface area contributed by atoms with E-state index in [2.05, 4.69) is 24.2 Å². The Labute approximate surface area is 63.0 Å². The van der Waals surface area contributed by atoms with Crippen molar-refractivity contribution in [3.05, 3.63) is 11.8 Å². The molecule has 0 aliphatic rings. The van der Waals surface area contributed by atoms with E-state index in [-0.39, 0.29) is 0 Å². The quantitative estimate of drug-likeness (QED) is 0.589. The zero-order valence-electron chi connectivity index (χ0n) is 7.02. The van der Waals surface area contributed by atoms with Crippen LogP contribution >= 0.6 is 0 Å². The van der Waals surface area contributed by atoms with Gasteiger partial charge in [-0.05, 0) is 26.0 Å². The maximum Gasteiger partial charge on any atom is 0.0265 e. The molecular weight excluding hydrogens is 124 g/mol. The van der Waals surface area contributed by atoms with Crippen LogP contribution in [0.5, 0.6) is 0 Å². The maximum atomic E-state index is 4.08. The van der Waals surface area contributed by atoms with Crippen LogP contribution in [0.3, 0.4) is 0 Å². The lowest BCUT2D eigenvalue weighted by molar-refractivity contribution is 0.877. The number of nitrogens with zero attached hydrogens (tertiary/aromatic N) is 1. The zero-order chi connectivity index (χ0) is 7.82. The number of rotatable bonds is 4. The lowest BCUT2D eigenvalue weighted by Gasteiger charge is -1.94. The summed E-state index contributed by atoms with van der Waals surface area (Å²) in [5.41, 5.74) is 1.26. The summed E-state index contributed by atoms with van der Waals surface area (Å²) in [4.78, 5) is 4.08. The fourth-order valence-corrected chi connectivity index (χ4v) is 0.610. The molecular formula is C8H16N2. The first-order valence-electron chi connectivity index (χ1n) is 3.63. The number of hydrogen-bond donors (Lipinski definition) is 1. The molecule has 10 heavy (non-hydrogen) atoms. The average molecular weight is 140 g/mol. The Morgan fingerprint density at radius 1 is 1.60 bits per heavy atom. The molecule has 0 amide bonds. The maximum absolute atomic E-state index is 4.08. The Kier molecular flexibility index (Phi) is 6.08. The van der Waals surface area contributed by atoms with Crippen molar-refractivity contribution >= 4 is 6.21 Å². The molecule has 0 saturated carbocycles. The van der Waals surface area contributed by atoms with Crippen molar-refractivity contribution in [3.63, 3.8) is 0 Å². The third-order valence-corrected chi connectivity index (χ3v) is 1.04. The molecule has 0 unspecified atom stereocenters. The first-order valence-corrected chi connectivity index (χ1v) is 3.63. The summed E-state index contributed by atoms with van der Waals surface area (Å²) < 4.78 is 0. The molecule has 2 nitrogen and oxygen atoms in total. The standard InChI is InChI=1S/C8H16N2/c1-4-5-10-7-8(2)6-9-3/h5,7,9H,4,6H2,1-3H3/b8-7+,10-5-. The highest BCUT2D eigenvalue weighted by atomic mass is 14.8. The van der Waals surface area contributed by atoms with E-state index >= 15 is 0 Å². The van der Waals surface area contributed by atoms with Crippen LogP contribution in [-0.2, 0) is 0 Å². The van der Waals surface area contributed by atoms with Gasteiger partial charge in [0.15, 0.2) is 0 Å². The van der Waals surface area contributed by atoms with Crippen molar-refractivity contribution in [2.45, 2.75) is 20.3 Å². The van der Waals surface area contributed by atoms with E-state index in [9.17, 15) is 0 Å².